The van der Waals surface area contributed by atoms with E-state index >= 15 is 0 Å². The maximum absolute atomic E-state index is 2.77. The van der Waals surface area contributed by atoms with Gasteiger partial charge in [-0.1, -0.05) is 216 Å². The van der Waals surface area contributed by atoms with Gasteiger partial charge in [-0.3, -0.25) is 0 Å². The summed E-state index contributed by atoms with van der Waals surface area (Å²) in [6.45, 7) is 32.1. The van der Waals surface area contributed by atoms with Crippen molar-refractivity contribution in [3.05, 3.63) is 0 Å². The second kappa shape index (κ2) is 52.0. The molecule has 0 aliphatic carbocycles. The van der Waals surface area contributed by atoms with Crippen molar-refractivity contribution in [1.82, 2.24) is 14.7 Å². The van der Waals surface area contributed by atoms with Gasteiger partial charge in [0.25, 0.3) is 0 Å². The van der Waals surface area contributed by atoms with Crippen LogP contribution in [0.5, 0.6) is 0 Å². The number of hydrogen-bond acceptors (Lipinski definition) is 3. The zero-order valence-electron chi connectivity index (χ0n) is 37.9. The van der Waals surface area contributed by atoms with Crippen molar-refractivity contribution in [2.24, 2.45) is 0 Å². The molecule has 0 aromatic heterocycles. The first-order chi connectivity index (χ1) is 25.0. The summed E-state index contributed by atoms with van der Waals surface area (Å²) in [5, 5.41) is 0. The standard InChI is InChI=1S/2C21H45N.C6H15N/c2*1-4-7-10-13-16-19-22(20-17-14-11-8-5-2)21-18-15-12-9-6-3;1-4-7(5-2)6-3/h2*4-21H2,1-3H3;4-6H2,1-3H3. The molecule has 3 heteroatoms. The van der Waals surface area contributed by atoms with Crippen LogP contribution in [-0.4, -0.2) is 73.6 Å². The molecule has 0 radical (unpaired) electrons. The molecule has 0 bridgehead atoms. The molecule has 0 saturated heterocycles. The average molecular weight is 724 g/mol. The van der Waals surface area contributed by atoms with Crippen molar-refractivity contribution in [3.8, 4) is 0 Å². The zero-order chi connectivity index (χ0) is 38.3. The van der Waals surface area contributed by atoms with Gasteiger partial charge in [0.15, 0.2) is 0 Å². The Kier molecular flexibility index (Phi) is 56.3. The second-order valence-electron chi connectivity index (χ2n) is 15.8. The van der Waals surface area contributed by atoms with E-state index in [1.807, 2.05) is 0 Å². The highest BCUT2D eigenvalue weighted by Crippen LogP contribution is 2.11. The fourth-order valence-electron chi connectivity index (χ4n) is 6.98. The van der Waals surface area contributed by atoms with Crippen molar-refractivity contribution in [3.63, 3.8) is 0 Å². The molecule has 0 N–H and O–H groups in total. The Balaban J connectivity index is -0.000000761. The third-order valence-electron chi connectivity index (χ3n) is 10.8. The predicted octanol–water partition coefficient (Wildman–Crippen LogP) is 15.7. The Hall–Kier alpha value is -0.120. The fourth-order valence-corrected chi connectivity index (χ4v) is 6.98. The molecule has 0 rings (SSSR count). The van der Waals surface area contributed by atoms with Gasteiger partial charge in [-0.15, -0.1) is 0 Å². The summed E-state index contributed by atoms with van der Waals surface area (Å²) in [5.74, 6) is 0. The molecule has 0 aromatic rings. The molecule has 0 amide bonds. The molecule has 0 heterocycles. The Morgan fingerprint density at radius 1 is 0.176 bits per heavy atom. The van der Waals surface area contributed by atoms with Crippen molar-refractivity contribution >= 4 is 0 Å². The number of unbranched alkanes of at least 4 members (excludes halogenated alkanes) is 24. The molecule has 3 nitrogen and oxygen atoms in total. The van der Waals surface area contributed by atoms with Gasteiger partial charge in [0, 0.05) is 0 Å². The lowest BCUT2D eigenvalue weighted by molar-refractivity contribution is 0.254. The minimum atomic E-state index is 1.19. The Morgan fingerprint density at radius 3 is 0.451 bits per heavy atom. The van der Waals surface area contributed by atoms with E-state index in [0.29, 0.717) is 0 Å². The molecule has 0 spiro atoms. The molecule has 0 aromatic carbocycles. The maximum atomic E-state index is 2.77. The van der Waals surface area contributed by atoms with Gasteiger partial charge in [0.05, 0.1) is 0 Å². The van der Waals surface area contributed by atoms with E-state index in [1.54, 1.807) is 0 Å². The van der Waals surface area contributed by atoms with E-state index < -0.39 is 0 Å². The van der Waals surface area contributed by atoms with Crippen LogP contribution in [0.3, 0.4) is 0 Å². The Morgan fingerprint density at radius 2 is 0.333 bits per heavy atom. The molecular weight excluding hydrogens is 619 g/mol. The van der Waals surface area contributed by atoms with Crippen LogP contribution in [0.2, 0.25) is 0 Å². The van der Waals surface area contributed by atoms with E-state index in [0.717, 1.165) is 0 Å². The first-order valence-corrected chi connectivity index (χ1v) is 24.2. The van der Waals surface area contributed by atoms with Gasteiger partial charge in [-0.05, 0) is 97.4 Å². The molecule has 0 fully saturated rings. The molecule has 51 heavy (non-hydrogen) atoms. The highest BCUT2D eigenvalue weighted by Gasteiger charge is 2.06. The van der Waals surface area contributed by atoms with Crippen LogP contribution in [0.1, 0.15) is 255 Å². The highest BCUT2D eigenvalue weighted by atomic mass is 15.1. The highest BCUT2D eigenvalue weighted by molar-refractivity contribution is 4.61. The largest absolute Gasteiger partial charge is 0.304 e. The summed E-state index contributed by atoms with van der Waals surface area (Å²) in [7, 11) is 0. The molecule has 312 valence electrons. The molecule has 0 unspecified atom stereocenters. The van der Waals surface area contributed by atoms with Crippen LogP contribution >= 0.6 is 0 Å². The number of hydrogen-bond donors (Lipinski definition) is 0. The molecule has 0 aliphatic rings. The number of nitrogens with zero attached hydrogens (tertiary/aromatic N) is 3. The molecule has 0 aliphatic heterocycles. The lowest BCUT2D eigenvalue weighted by Gasteiger charge is -2.22. The van der Waals surface area contributed by atoms with Crippen molar-refractivity contribution in [2.45, 2.75) is 255 Å². The van der Waals surface area contributed by atoms with Crippen molar-refractivity contribution in [2.75, 3.05) is 58.9 Å². The first-order valence-electron chi connectivity index (χ1n) is 24.2. The lowest BCUT2D eigenvalue weighted by Crippen LogP contribution is -2.27. The van der Waals surface area contributed by atoms with E-state index in [2.05, 4.69) is 77.0 Å². The van der Waals surface area contributed by atoms with E-state index in [1.165, 1.54) is 252 Å². The topological polar surface area (TPSA) is 9.72 Å². The van der Waals surface area contributed by atoms with E-state index in [4.69, 9.17) is 0 Å². The third kappa shape index (κ3) is 49.9. The summed E-state index contributed by atoms with van der Waals surface area (Å²) < 4.78 is 0. The predicted molar refractivity (Wildman–Crippen MR) is 239 cm³/mol. The second-order valence-corrected chi connectivity index (χ2v) is 15.8. The smallest absolute Gasteiger partial charge is 0.00187 e. The van der Waals surface area contributed by atoms with E-state index in [9.17, 15) is 0 Å². The number of rotatable bonds is 39. The molecule has 0 saturated carbocycles. The van der Waals surface area contributed by atoms with Crippen LogP contribution in [-0.2, 0) is 0 Å². The van der Waals surface area contributed by atoms with Crippen LogP contribution in [0.25, 0.3) is 0 Å². The summed E-state index contributed by atoms with van der Waals surface area (Å²) in [5.41, 5.74) is 0. The van der Waals surface area contributed by atoms with Gasteiger partial charge in [-0.25, -0.2) is 0 Å². The Bertz CT molecular complexity index is 435. The van der Waals surface area contributed by atoms with Crippen molar-refractivity contribution in [1.29, 1.82) is 0 Å². The van der Waals surface area contributed by atoms with Crippen LogP contribution in [0, 0.1) is 0 Å². The SMILES string of the molecule is CCCCCCCN(CCCCCCC)CCCCCCC.CCCCCCCN(CCCCCCC)CCCCCCC.CCN(CC)CC. The third-order valence-corrected chi connectivity index (χ3v) is 10.8. The minimum absolute atomic E-state index is 1.19. The first kappa shape index (κ1) is 55.2. The Labute approximate surface area is 327 Å². The van der Waals surface area contributed by atoms with Crippen LogP contribution < -0.4 is 0 Å². The van der Waals surface area contributed by atoms with Gasteiger partial charge in [0.2, 0.25) is 0 Å². The van der Waals surface area contributed by atoms with E-state index in [-0.39, 0.29) is 0 Å². The van der Waals surface area contributed by atoms with Gasteiger partial charge >= 0.3 is 0 Å². The maximum Gasteiger partial charge on any atom is -0.00187 e. The zero-order valence-corrected chi connectivity index (χ0v) is 37.9. The lowest BCUT2D eigenvalue weighted by atomic mass is 10.1. The van der Waals surface area contributed by atoms with Crippen LogP contribution in [0.15, 0.2) is 0 Å². The van der Waals surface area contributed by atoms with Gasteiger partial charge in [0.1, 0.15) is 0 Å². The minimum Gasteiger partial charge on any atom is -0.304 e. The summed E-state index contributed by atoms with van der Waals surface area (Å²) in [4.78, 5) is 7.91. The summed E-state index contributed by atoms with van der Waals surface area (Å²) in [6, 6.07) is 0. The molecular formula is C48H105N3. The summed E-state index contributed by atoms with van der Waals surface area (Å²) >= 11 is 0. The fraction of sp³-hybridized carbons (Fsp3) is 1.00. The van der Waals surface area contributed by atoms with Crippen molar-refractivity contribution < 1.29 is 0 Å². The average Bonchev–Trinajstić information content (AvgIpc) is 3.14. The molecule has 0 atom stereocenters. The quantitative estimate of drug-likeness (QED) is 0.0585. The van der Waals surface area contributed by atoms with Gasteiger partial charge < -0.3 is 14.7 Å². The normalized spacial score (nSPS) is 11.3. The summed E-state index contributed by atoms with van der Waals surface area (Å²) in [6.07, 6.45) is 42.5. The van der Waals surface area contributed by atoms with Crippen LogP contribution in [0.4, 0.5) is 0 Å². The van der Waals surface area contributed by atoms with Gasteiger partial charge in [-0.2, -0.15) is 0 Å². The monoisotopic (exact) mass is 724 g/mol.